The first-order valence-electron chi connectivity index (χ1n) is 7.93. The highest BCUT2D eigenvalue weighted by atomic mass is 28.4. The molecule has 1 N–H and O–H groups in total. The number of ether oxygens (including phenoxy) is 1. The molecule has 1 heterocycles. The van der Waals surface area contributed by atoms with Crippen LogP contribution in [-0.4, -0.2) is 37.8 Å². The Morgan fingerprint density at radius 2 is 1.95 bits per heavy atom. The Kier molecular flexibility index (Phi) is 3.95. The zero-order chi connectivity index (χ0) is 15.4. The number of hydrogen-bond acceptors (Lipinski definition) is 3. The molecule has 0 aromatic carbocycles. The summed E-state index contributed by atoms with van der Waals surface area (Å²) in [5.41, 5.74) is -1.24. The Balaban J connectivity index is 2.18. The van der Waals surface area contributed by atoms with E-state index in [0.717, 1.165) is 19.4 Å². The molecule has 1 aliphatic heterocycles. The third-order valence-electron chi connectivity index (χ3n) is 6.20. The molecule has 0 spiro atoms. The summed E-state index contributed by atoms with van der Waals surface area (Å²) in [6.07, 6.45) is 1.87. The van der Waals surface area contributed by atoms with Gasteiger partial charge in [-0.2, -0.15) is 0 Å². The Morgan fingerprint density at radius 1 is 1.35 bits per heavy atom. The minimum Gasteiger partial charge on any atom is -0.414 e. The highest BCUT2D eigenvalue weighted by Gasteiger charge is 2.63. The van der Waals surface area contributed by atoms with E-state index in [0.29, 0.717) is 18.4 Å². The molecule has 0 aromatic heterocycles. The molecule has 2 aliphatic rings. The number of aliphatic hydroxyl groups is 1. The first kappa shape index (κ1) is 16.5. The fourth-order valence-electron chi connectivity index (χ4n) is 3.49. The van der Waals surface area contributed by atoms with E-state index < -0.39 is 19.5 Å². The lowest BCUT2D eigenvalue weighted by Gasteiger charge is -2.44. The smallest absolute Gasteiger partial charge is 0.192 e. The highest BCUT2D eigenvalue weighted by Crippen LogP contribution is 2.54. The van der Waals surface area contributed by atoms with Gasteiger partial charge in [-0.15, -0.1) is 0 Å². The molecule has 2 fully saturated rings. The van der Waals surface area contributed by atoms with E-state index in [-0.39, 0.29) is 5.04 Å². The molecule has 1 aliphatic carbocycles. The second-order valence-corrected chi connectivity index (χ2v) is 13.5. The third-order valence-corrected chi connectivity index (χ3v) is 10.7. The van der Waals surface area contributed by atoms with Crippen molar-refractivity contribution in [1.82, 2.24) is 0 Å². The number of rotatable bonds is 3. The maximum atomic E-state index is 10.8. The number of fused-ring (bicyclic) bond motifs is 1. The van der Waals surface area contributed by atoms with Gasteiger partial charge in [0.15, 0.2) is 8.32 Å². The third kappa shape index (κ3) is 2.38. The van der Waals surface area contributed by atoms with E-state index in [1.165, 1.54) is 0 Å². The second-order valence-electron chi connectivity index (χ2n) is 8.65. The van der Waals surface area contributed by atoms with Crippen LogP contribution in [0.3, 0.4) is 0 Å². The monoisotopic (exact) mass is 300 g/mol. The molecule has 1 saturated carbocycles. The molecule has 4 heteroatoms. The predicted molar refractivity (Wildman–Crippen MR) is 84.3 cm³/mol. The van der Waals surface area contributed by atoms with Gasteiger partial charge in [0.2, 0.25) is 0 Å². The first-order chi connectivity index (χ1) is 8.93. The zero-order valence-corrected chi connectivity index (χ0v) is 15.2. The molecule has 118 valence electrons. The quantitative estimate of drug-likeness (QED) is 0.810. The highest BCUT2D eigenvalue weighted by molar-refractivity contribution is 6.74. The fraction of sp³-hybridized carbons (Fsp3) is 1.00. The van der Waals surface area contributed by atoms with Gasteiger partial charge in [-0.1, -0.05) is 27.7 Å². The Labute approximate surface area is 125 Å². The van der Waals surface area contributed by atoms with Crippen molar-refractivity contribution in [1.29, 1.82) is 0 Å². The van der Waals surface area contributed by atoms with E-state index in [9.17, 15) is 5.11 Å². The summed E-state index contributed by atoms with van der Waals surface area (Å²) < 4.78 is 12.6. The summed E-state index contributed by atoms with van der Waals surface area (Å²) in [7, 11) is -1.81. The van der Waals surface area contributed by atoms with Crippen LogP contribution in [0.2, 0.25) is 18.1 Å². The van der Waals surface area contributed by atoms with E-state index in [1.807, 2.05) is 6.92 Å². The van der Waals surface area contributed by atoms with Crippen LogP contribution in [0.5, 0.6) is 0 Å². The van der Waals surface area contributed by atoms with E-state index >= 15 is 0 Å². The lowest BCUT2D eigenvalue weighted by Crippen LogP contribution is -2.57. The molecule has 4 atom stereocenters. The maximum absolute atomic E-state index is 10.8. The van der Waals surface area contributed by atoms with Crippen LogP contribution in [-0.2, 0) is 9.16 Å². The largest absolute Gasteiger partial charge is 0.414 e. The van der Waals surface area contributed by atoms with Crippen LogP contribution >= 0.6 is 0 Å². The topological polar surface area (TPSA) is 38.7 Å². The summed E-state index contributed by atoms with van der Waals surface area (Å²) in [6, 6.07) is 0. The van der Waals surface area contributed by atoms with Gasteiger partial charge >= 0.3 is 0 Å². The molecule has 0 unspecified atom stereocenters. The van der Waals surface area contributed by atoms with Crippen molar-refractivity contribution in [2.24, 2.45) is 11.8 Å². The van der Waals surface area contributed by atoms with Crippen LogP contribution in [0, 0.1) is 11.8 Å². The van der Waals surface area contributed by atoms with Crippen molar-refractivity contribution in [3.05, 3.63) is 0 Å². The van der Waals surface area contributed by atoms with Gasteiger partial charge in [-0.3, -0.25) is 0 Å². The molecule has 3 nitrogen and oxygen atoms in total. The average molecular weight is 301 g/mol. The molecule has 0 bridgehead atoms. The van der Waals surface area contributed by atoms with E-state index in [4.69, 9.17) is 9.16 Å². The molecular formula is C16H32O3Si. The lowest BCUT2D eigenvalue weighted by molar-refractivity contribution is -0.161. The van der Waals surface area contributed by atoms with Crippen LogP contribution in [0.25, 0.3) is 0 Å². The van der Waals surface area contributed by atoms with Crippen molar-refractivity contribution in [2.45, 2.75) is 76.8 Å². The fourth-order valence-corrected chi connectivity index (χ4v) is 4.50. The van der Waals surface area contributed by atoms with Crippen molar-refractivity contribution in [3.63, 3.8) is 0 Å². The molecular weight excluding hydrogens is 268 g/mol. The van der Waals surface area contributed by atoms with Crippen molar-refractivity contribution in [3.8, 4) is 0 Å². The number of hydrogen-bond donors (Lipinski definition) is 1. The zero-order valence-electron chi connectivity index (χ0n) is 14.2. The molecule has 0 radical (unpaired) electrons. The van der Waals surface area contributed by atoms with Gasteiger partial charge in [0.1, 0.15) is 5.60 Å². The second kappa shape index (κ2) is 4.80. The van der Waals surface area contributed by atoms with Gasteiger partial charge in [-0.25, -0.2) is 0 Å². The van der Waals surface area contributed by atoms with Crippen LogP contribution in [0.1, 0.15) is 47.5 Å². The van der Waals surface area contributed by atoms with E-state index in [1.54, 1.807) is 0 Å². The van der Waals surface area contributed by atoms with Crippen LogP contribution in [0.15, 0.2) is 0 Å². The standard InChI is InChI=1S/C16H32O3Si/c1-12-10-18-16(13(12)8-9-15(16,5)17)11-19-20(6,7)14(2,3)4/h12-13,17H,8-11H2,1-7H3/t12-,13-,15+,16-/m0/s1. The predicted octanol–water partition coefficient (Wildman–Crippen LogP) is 3.57. The summed E-state index contributed by atoms with van der Waals surface area (Å²) >= 11 is 0. The van der Waals surface area contributed by atoms with Gasteiger partial charge in [0.25, 0.3) is 0 Å². The van der Waals surface area contributed by atoms with Crippen molar-refractivity contribution >= 4 is 8.32 Å². The molecule has 1 saturated heterocycles. The molecule has 0 amide bonds. The van der Waals surface area contributed by atoms with E-state index in [2.05, 4.69) is 40.8 Å². The van der Waals surface area contributed by atoms with Gasteiger partial charge in [0, 0.05) is 0 Å². The minimum atomic E-state index is -1.81. The average Bonchev–Trinajstić information content (AvgIpc) is 2.73. The summed E-state index contributed by atoms with van der Waals surface area (Å²) in [5.74, 6) is 0.953. The summed E-state index contributed by atoms with van der Waals surface area (Å²) in [4.78, 5) is 0. The van der Waals surface area contributed by atoms with Gasteiger partial charge in [0.05, 0.1) is 18.8 Å². The van der Waals surface area contributed by atoms with Crippen molar-refractivity contribution in [2.75, 3.05) is 13.2 Å². The molecule has 2 rings (SSSR count). The normalized spacial score (nSPS) is 42.0. The SMILES string of the molecule is C[C@H]1CO[C@@]2(CO[Si](C)(C)C(C)(C)C)[C@H]1CC[C@@]2(C)O. The first-order valence-corrected chi connectivity index (χ1v) is 10.8. The summed E-state index contributed by atoms with van der Waals surface area (Å²) in [6.45, 7) is 16.7. The van der Waals surface area contributed by atoms with Crippen molar-refractivity contribution < 1.29 is 14.3 Å². The van der Waals surface area contributed by atoms with Gasteiger partial charge < -0.3 is 14.3 Å². The minimum absolute atomic E-state index is 0.188. The maximum Gasteiger partial charge on any atom is 0.192 e. The lowest BCUT2D eigenvalue weighted by atomic mass is 9.79. The van der Waals surface area contributed by atoms with Gasteiger partial charge in [-0.05, 0) is 49.7 Å². The Morgan fingerprint density at radius 3 is 2.50 bits per heavy atom. The van der Waals surface area contributed by atoms with Crippen LogP contribution in [0.4, 0.5) is 0 Å². The summed E-state index contributed by atoms with van der Waals surface area (Å²) in [5, 5.41) is 11.0. The molecule has 20 heavy (non-hydrogen) atoms. The van der Waals surface area contributed by atoms with Crippen LogP contribution < -0.4 is 0 Å². The Hall–Kier alpha value is 0.0969. The Bertz CT molecular complexity index is 372. The molecule has 0 aromatic rings.